The number of nitrogens with zero attached hydrogens (tertiary/aromatic N) is 1. The van der Waals surface area contributed by atoms with Gasteiger partial charge in [0.05, 0.1) is 6.61 Å². The molecule has 1 atom stereocenters. The molecule has 1 unspecified atom stereocenters. The van der Waals surface area contributed by atoms with E-state index in [2.05, 4.69) is 19.1 Å². The maximum absolute atomic E-state index is 12.2. The van der Waals surface area contributed by atoms with Crippen LogP contribution in [-0.2, 0) is 4.74 Å². The van der Waals surface area contributed by atoms with Crippen LogP contribution in [0.5, 0.6) is 5.75 Å². The van der Waals surface area contributed by atoms with Crippen molar-refractivity contribution in [3.8, 4) is 5.75 Å². The van der Waals surface area contributed by atoms with Crippen molar-refractivity contribution in [3.63, 3.8) is 0 Å². The molecule has 1 heterocycles. The molecule has 0 bridgehead atoms. The monoisotopic (exact) mass is 359 g/mol. The number of likely N-dealkylation sites (tertiary alicyclic amines) is 1. The van der Waals surface area contributed by atoms with Gasteiger partial charge in [-0.05, 0) is 83.3 Å². The van der Waals surface area contributed by atoms with Crippen molar-refractivity contribution < 1.29 is 14.3 Å². The Morgan fingerprint density at radius 1 is 1.19 bits per heavy atom. The van der Waals surface area contributed by atoms with Crippen molar-refractivity contribution in [1.82, 2.24) is 4.90 Å². The van der Waals surface area contributed by atoms with Crippen molar-refractivity contribution in [3.05, 3.63) is 29.8 Å². The lowest BCUT2D eigenvalue weighted by molar-refractivity contribution is 0.0164. The summed E-state index contributed by atoms with van der Waals surface area (Å²) in [5.41, 5.74) is 1.34. The average molecular weight is 360 g/mol. The number of carbonyl (C=O) groups excluding carboxylic acids is 1. The molecule has 2 fully saturated rings. The number of hydrogen-bond acceptors (Lipinski definition) is 3. The van der Waals surface area contributed by atoms with Crippen LogP contribution in [-0.4, -0.2) is 36.3 Å². The second kappa shape index (κ2) is 7.50. The van der Waals surface area contributed by atoms with Crippen molar-refractivity contribution in [2.24, 2.45) is 11.3 Å². The third-order valence-corrected chi connectivity index (χ3v) is 5.76. The Morgan fingerprint density at radius 2 is 1.85 bits per heavy atom. The first-order valence-corrected chi connectivity index (χ1v) is 9.95. The molecule has 0 aromatic heterocycles. The lowest BCUT2D eigenvalue weighted by Gasteiger charge is -2.34. The van der Waals surface area contributed by atoms with E-state index >= 15 is 0 Å². The van der Waals surface area contributed by atoms with Crippen LogP contribution in [0.4, 0.5) is 4.79 Å². The number of rotatable bonds is 5. The molecule has 4 heteroatoms. The molecule has 1 amide bonds. The molecular formula is C22H33NO3. The van der Waals surface area contributed by atoms with E-state index in [-0.39, 0.29) is 6.09 Å². The van der Waals surface area contributed by atoms with E-state index in [0.29, 0.717) is 5.41 Å². The van der Waals surface area contributed by atoms with Gasteiger partial charge in [0.25, 0.3) is 0 Å². The minimum absolute atomic E-state index is 0.156. The van der Waals surface area contributed by atoms with Crippen molar-refractivity contribution in [2.45, 2.75) is 65.4 Å². The van der Waals surface area contributed by atoms with Gasteiger partial charge in [-0.25, -0.2) is 4.79 Å². The van der Waals surface area contributed by atoms with Gasteiger partial charge in [-0.3, -0.25) is 0 Å². The largest absolute Gasteiger partial charge is 0.494 e. The molecule has 1 aromatic rings. The van der Waals surface area contributed by atoms with E-state index in [1.165, 1.54) is 18.4 Å². The highest BCUT2D eigenvalue weighted by Crippen LogP contribution is 2.61. The van der Waals surface area contributed by atoms with Crippen molar-refractivity contribution in [1.29, 1.82) is 0 Å². The van der Waals surface area contributed by atoms with Crippen molar-refractivity contribution in [2.75, 3.05) is 19.7 Å². The predicted octanol–water partition coefficient (Wildman–Crippen LogP) is 5.19. The fourth-order valence-electron chi connectivity index (χ4n) is 4.07. The maximum atomic E-state index is 12.2. The number of aryl methyl sites for hydroxylation is 1. The van der Waals surface area contributed by atoms with Gasteiger partial charge in [0.15, 0.2) is 0 Å². The van der Waals surface area contributed by atoms with Crippen molar-refractivity contribution >= 4 is 6.09 Å². The minimum Gasteiger partial charge on any atom is -0.494 e. The molecule has 1 saturated carbocycles. The third-order valence-electron chi connectivity index (χ3n) is 5.76. The molecule has 4 nitrogen and oxygen atoms in total. The molecule has 144 valence electrons. The Bertz CT molecular complexity index is 609. The van der Waals surface area contributed by atoms with Gasteiger partial charge >= 0.3 is 6.09 Å². The Balaban J connectivity index is 1.34. The normalized spacial score (nSPS) is 21.5. The summed E-state index contributed by atoms with van der Waals surface area (Å²) >= 11 is 0. The van der Waals surface area contributed by atoms with E-state index in [1.807, 2.05) is 37.8 Å². The molecule has 0 N–H and O–H groups in total. The van der Waals surface area contributed by atoms with Crippen LogP contribution in [0.3, 0.4) is 0 Å². The number of ether oxygens (including phenoxy) is 2. The summed E-state index contributed by atoms with van der Waals surface area (Å²) in [4.78, 5) is 14.1. The Kier molecular flexibility index (Phi) is 5.50. The van der Waals surface area contributed by atoms with E-state index in [4.69, 9.17) is 9.47 Å². The van der Waals surface area contributed by atoms with E-state index in [0.717, 1.165) is 50.6 Å². The molecule has 1 spiro atoms. The van der Waals surface area contributed by atoms with Crippen LogP contribution in [0.15, 0.2) is 24.3 Å². The minimum atomic E-state index is -0.411. The highest BCUT2D eigenvalue weighted by Gasteiger charge is 2.54. The van der Waals surface area contributed by atoms with Gasteiger partial charge in [0.1, 0.15) is 11.4 Å². The summed E-state index contributed by atoms with van der Waals surface area (Å²) in [5.74, 6) is 1.77. The van der Waals surface area contributed by atoms with E-state index in [9.17, 15) is 4.79 Å². The van der Waals surface area contributed by atoms with Gasteiger partial charge in [0, 0.05) is 13.1 Å². The number of carbonyl (C=O) groups is 1. The zero-order chi connectivity index (χ0) is 18.8. The first-order valence-electron chi connectivity index (χ1n) is 9.95. The van der Waals surface area contributed by atoms with Gasteiger partial charge in [-0.1, -0.05) is 17.7 Å². The SMILES string of the molecule is Cc1ccc(OCCCC2CC23CCN(C(=O)OC(C)(C)C)CC3)cc1. The zero-order valence-corrected chi connectivity index (χ0v) is 16.7. The maximum Gasteiger partial charge on any atom is 0.410 e. The van der Waals surface area contributed by atoms with Crippen LogP contribution in [0.25, 0.3) is 0 Å². The van der Waals surface area contributed by atoms with Crippen LogP contribution in [0.2, 0.25) is 0 Å². The van der Waals surface area contributed by atoms with Gasteiger partial charge < -0.3 is 14.4 Å². The summed E-state index contributed by atoms with van der Waals surface area (Å²) in [6, 6.07) is 8.26. The number of hydrogen-bond donors (Lipinski definition) is 0. The number of benzene rings is 1. The summed E-state index contributed by atoms with van der Waals surface area (Å²) in [6.07, 6.45) is 5.75. The molecule has 1 aliphatic heterocycles. The standard InChI is InChI=1S/C22H33NO3/c1-17-7-9-19(10-8-17)25-15-5-6-18-16-22(18)11-13-23(14-12-22)20(24)26-21(2,3)4/h7-10,18H,5-6,11-16H2,1-4H3. The Labute approximate surface area is 157 Å². The summed E-state index contributed by atoms with van der Waals surface area (Å²) in [6.45, 7) is 10.3. The van der Waals surface area contributed by atoms with Crippen LogP contribution >= 0.6 is 0 Å². The number of amides is 1. The Hall–Kier alpha value is -1.71. The highest BCUT2D eigenvalue weighted by molar-refractivity contribution is 5.68. The molecule has 1 aromatic carbocycles. The fraction of sp³-hybridized carbons (Fsp3) is 0.682. The van der Waals surface area contributed by atoms with Gasteiger partial charge in [-0.2, -0.15) is 0 Å². The van der Waals surface area contributed by atoms with E-state index in [1.54, 1.807) is 0 Å². The summed E-state index contributed by atoms with van der Waals surface area (Å²) in [7, 11) is 0. The lowest BCUT2D eigenvalue weighted by Crippen LogP contribution is -2.42. The van der Waals surface area contributed by atoms with Crippen LogP contribution in [0.1, 0.15) is 58.4 Å². The van der Waals surface area contributed by atoms with Crippen LogP contribution in [0, 0.1) is 18.3 Å². The molecule has 2 aliphatic rings. The molecule has 26 heavy (non-hydrogen) atoms. The molecular weight excluding hydrogens is 326 g/mol. The van der Waals surface area contributed by atoms with Gasteiger partial charge in [0.2, 0.25) is 0 Å². The lowest BCUT2D eigenvalue weighted by atomic mass is 9.90. The third kappa shape index (κ3) is 4.93. The summed E-state index contributed by atoms with van der Waals surface area (Å²) < 4.78 is 11.3. The van der Waals surface area contributed by atoms with Gasteiger partial charge in [-0.15, -0.1) is 0 Å². The van der Waals surface area contributed by atoms with E-state index < -0.39 is 5.60 Å². The quantitative estimate of drug-likeness (QED) is 0.679. The number of piperidine rings is 1. The molecule has 0 radical (unpaired) electrons. The highest BCUT2D eigenvalue weighted by atomic mass is 16.6. The molecule has 3 rings (SSSR count). The first-order chi connectivity index (χ1) is 12.3. The second-order valence-corrected chi connectivity index (χ2v) is 9.03. The average Bonchev–Trinajstić information content (AvgIpc) is 3.24. The molecule has 1 aliphatic carbocycles. The Morgan fingerprint density at radius 3 is 2.46 bits per heavy atom. The predicted molar refractivity (Wildman–Crippen MR) is 103 cm³/mol. The topological polar surface area (TPSA) is 38.8 Å². The fourth-order valence-corrected chi connectivity index (χ4v) is 4.07. The molecule has 1 saturated heterocycles. The second-order valence-electron chi connectivity index (χ2n) is 9.03. The van der Waals surface area contributed by atoms with Crippen LogP contribution < -0.4 is 4.74 Å². The summed E-state index contributed by atoms with van der Waals surface area (Å²) in [5, 5.41) is 0. The zero-order valence-electron chi connectivity index (χ0n) is 16.7. The smallest absolute Gasteiger partial charge is 0.410 e. The first kappa shape index (κ1) is 19.1.